The summed E-state index contributed by atoms with van der Waals surface area (Å²) in [6.07, 6.45) is 2.63. The van der Waals surface area contributed by atoms with E-state index in [4.69, 9.17) is 14.9 Å². The second-order valence-electron chi connectivity index (χ2n) is 9.15. The minimum atomic E-state index is -3.26. The van der Waals surface area contributed by atoms with Crippen LogP contribution < -0.4 is 20.7 Å². The van der Waals surface area contributed by atoms with Gasteiger partial charge in [0, 0.05) is 63.7 Å². The molecule has 208 valence electrons. The van der Waals surface area contributed by atoms with Crippen molar-refractivity contribution in [1.82, 2.24) is 24.5 Å². The van der Waals surface area contributed by atoms with Crippen molar-refractivity contribution in [2.45, 2.75) is 0 Å². The minimum Gasteiger partial charge on any atom is -0.489 e. The Morgan fingerprint density at radius 1 is 1.13 bits per heavy atom. The number of hydrogen-bond donors (Lipinski definition) is 2. The number of furan rings is 1. The highest BCUT2D eigenvalue weighted by Crippen LogP contribution is 2.29. The Kier molecular flexibility index (Phi) is 7.52. The van der Waals surface area contributed by atoms with E-state index in [1.54, 1.807) is 24.5 Å². The number of halogens is 2. The van der Waals surface area contributed by atoms with Gasteiger partial charge in [-0.25, -0.2) is 17.2 Å². The molecule has 0 aliphatic carbocycles. The molecule has 0 saturated carbocycles. The lowest BCUT2D eigenvalue weighted by atomic mass is 10.2. The van der Waals surface area contributed by atoms with Crippen molar-refractivity contribution in [2.24, 2.45) is 0 Å². The van der Waals surface area contributed by atoms with Crippen molar-refractivity contribution in [3.63, 3.8) is 0 Å². The number of rotatable bonds is 10. The number of nitrogens with zero attached hydrogens (tertiary/aromatic N) is 6. The molecule has 3 N–H and O–H groups in total. The molecule has 39 heavy (non-hydrogen) atoms. The molecule has 0 spiro atoms. The van der Waals surface area contributed by atoms with E-state index in [1.165, 1.54) is 10.6 Å². The molecule has 15 heteroatoms. The molecule has 0 atom stereocenters. The van der Waals surface area contributed by atoms with Crippen LogP contribution in [0.25, 0.3) is 17.1 Å². The number of hydrogen-bond acceptors (Lipinski definition) is 11. The number of nitrogen functional groups attached to an aromatic ring is 1. The van der Waals surface area contributed by atoms with Crippen LogP contribution in [0.3, 0.4) is 0 Å². The van der Waals surface area contributed by atoms with Gasteiger partial charge in [-0.1, -0.05) is 0 Å². The smallest absolute Gasteiger partial charge is 0.228 e. The molecule has 1 saturated heterocycles. The summed E-state index contributed by atoms with van der Waals surface area (Å²) in [7, 11) is -3.26. The van der Waals surface area contributed by atoms with Gasteiger partial charge in [0.25, 0.3) is 0 Å². The third kappa shape index (κ3) is 6.37. The van der Waals surface area contributed by atoms with Crippen molar-refractivity contribution in [1.29, 1.82) is 0 Å². The highest BCUT2D eigenvalue weighted by molar-refractivity contribution is 7.90. The van der Waals surface area contributed by atoms with Gasteiger partial charge in [0.15, 0.2) is 32.8 Å². The molecule has 0 unspecified atom stereocenters. The van der Waals surface area contributed by atoms with E-state index >= 15 is 0 Å². The first-order chi connectivity index (χ1) is 18.7. The van der Waals surface area contributed by atoms with Crippen molar-refractivity contribution >= 4 is 33.1 Å². The summed E-state index contributed by atoms with van der Waals surface area (Å²) in [6, 6.07) is 7.38. The predicted octanol–water partition coefficient (Wildman–Crippen LogP) is 1.90. The van der Waals surface area contributed by atoms with Crippen LogP contribution in [0.4, 0.5) is 26.4 Å². The van der Waals surface area contributed by atoms with E-state index < -0.39 is 21.5 Å². The van der Waals surface area contributed by atoms with Gasteiger partial charge in [0.1, 0.15) is 18.1 Å². The third-order valence-corrected chi connectivity index (χ3v) is 7.17. The lowest BCUT2D eigenvalue weighted by molar-refractivity contribution is 0.266. The maximum Gasteiger partial charge on any atom is 0.228 e. The molecular formula is C24H28F2N8O4S. The second-order valence-corrected chi connectivity index (χ2v) is 11.4. The highest BCUT2D eigenvalue weighted by Gasteiger charge is 2.22. The summed E-state index contributed by atoms with van der Waals surface area (Å²) >= 11 is 0. The summed E-state index contributed by atoms with van der Waals surface area (Å²) < 4.78 is 63.4. The maximum absolute atomic E-state index is 14.5. The first-order valence-electron chi connectivity index (χ1n) is 12.2. The Labute approximate surface area is 223 Å². The van der Waals surface area contributed by atoms with Crippen molar-refractivity contribution in [3.05, 3.63) is 48.2 Å². The Balaban J connectivity index is 1.14. The van der Waals surface area contributed by atoms with Crippen LogP contribution in [-0.2, 0) is 9.84 Å². The average molecular weight is 563 g/mol. The van der Waals surface area contributed by atoms with Crippen LogP contribution in [0.5, 0.6) is 5.75 Å². The number of ether oxygens (including phenoxy) is 1. The summed E-state index contributed by atoms with van der Waals surface area (Å²) in [5.41, 5.74) is 7.41. The van der Waals surface area contributed by atoms with E-state index in [0.717, 1.165) is 12.3 Å². The fourth-order valence-corrected chi connectivity index (χ4v) is 4.63. The minimum absolute atomic E-state index is 0.174. The van der Waals surface area contributed by atoms with Crippen LogP contribution >= 0.6 is 0 Å². The van der Waals surface area contributed by atoms with E-state index in [2.05, 4.69) is 25.3 Å². The number of anilines is 3. The van der Waals surface area contributed by atoms with E-state index in [0.29, 0.717) is 62.3 Å². The standard InChI is InChI=1S/C24H28F2N8O4S/c1-39(35,36)12-11-38-21-15-19(16(25)13-17(21)26)33-8-6-32(7-9-33)5-4-28-24-29-22-14-18(20-3-2-10-37-20)31-34(22)23(27)30-24/h2-3,10,13-15H,4-9,11-12H2,1H3,(H3,27,28,29,30). The van der Waals surface area contributed by atoms with E-state index in [9.17, 15) is 17.2 Å². The molecule has 12 nitrogen and oxygen atoms in total. The summed E-state index contributed by atoms with van der Waals surface area (Å²) in [6.45, 7) is 3.37. The van der Waals surface area contributed by atoms with Crippen LogP contribution in [0.15, 0.2) is 41.0 Å². The molecule has 1 aromatic carbocycles. The van der Waals surface area contributed by atoms with Gasteiger partial charge in [-0.3, -0.25) is 4.90 Å². The first-order valence-corrected chi connectivity index (χ1v) is 14.3. The van der Waals surface area contributed by atoms with Gasteiger partial charge in [-0.05, 0) is 12.1 Å². The maximum atomic E-state index is 14.5. The normalized spacial score (nSPS) is 14.7. The predicted molar refractivity (Wildman–Crippen MR) is 142 cm³/mol. The van der Waals surface area contributed by atoms with Gasteiger partial charge in [-0.15, -0.1) is 0 Å². The largest absolute Gasteiger partial charge is 0.489 e. The highest BCUT2D eigenvalue weighted by atomic mass is 32.2. The molecule has 1 fully saturated rings. The zero-order valence-corrected chi connectivity index (χ0v) is 22.0. The van der Waals surface area contributed by atoms with Crippen LogP contribution in [0, 0.1) is 11.6 Å². The van der Waals surface area contributed by atoms with Crippen molar-refractivity contribution in [3.8, 4) is 17.2 Å². The zero-order chi connectivity index (χ0) is 27.6. The Hall–Kier alpha value is -3.98. The zero-order valence-electron chi connectivity index (χ0n) is 21.2. The number of benzene rings is 1. The number of nitrogens with one attached hydrogen (secondary N) is 1. The number of piperazine rings is 1. The van der Waals surface area contributed by atoms with Gasteiger partial charge in [-0.2, -0.15) is 19.6 Å². The SMILES string of the molecule is CS(=O)(=O)CCOc1cc(N2CCN(CCNc3nc(N)n4nc(-c5ccco5)cc4n3)CC2)c(F)cc1F. The number of fused-ring (bicyclic) bond motifs is 1. The van der Waals surface area contributed by atoms with Crippen LogP contribution in [-0.4, -0.2) is 90.8 Å². The number of aromatic nitrogens is 4. The third-order valence-electron chi connectivity index (χ3n) is 6.26. The van der Waals surface area contributed by atoms with Gasteiger partial charge in [0.05, 0.1) is 17.7 Å². The molecule has 0 amide bonds. The average Bonchev–Trinajstić information content (AvgIpc) is 3.56. The molecule has 0 radical (unpaired) electrons. The Bertz CT molecular complexity index is 1550. The monoisotopic (exact) mass is 562 g/mol. The quantitative estimate of drug-likeness (QED) is 0.292. The van der Waals surface area contributed by atoms with Crippen LogP contribution in [0.1, 0.15) is 0 Å². The fraction of sp³-hybridized carbons (Fsp3) is 0.375. The van der Waals surface area contributed by atoms with Gasteiger partial charge >= 0.3 is 0 Å². The molecule has 5 rings (SSSR count). The second kappa shape index (κ2) is 11.0. The van der Waals surface area contributed by atoms with Crippen molar-refractivity contribution < 1.29 is 26.4 Å². The Morgan fingerprint density at radius 2 is 1.92 bits per heavy atom. The molecule has 4 heterocycles. The molecule has 1 aliphatic rings. The number of sulfone groups is 1. The number of nitrogens with two attached hydrogens (primary N) is 1. The van der Waals surface area contributed by atoms with Crippen molar-refractivity contribution in [2.75, 3.05) is 73.8 Å². The lowest BCUT2D eigenvalue weighted by Gasteiger charge is -2.36. The Morgan fingerprint density at radius 3 is 2.64 bits per heavy atom. The van der Waals surface area contributed by atoms with Crippen LogP contribution in [0.2, 0.25) is 0 Å². The molecule has 1 aliphatic heterocycles. The van der Waals surface area contributed by atoms with Gasteiger partial charge in [0.2, 0.25) is 11.9 Å². The molecule has 0 bridgehead atoms. The summed E-state index contributed by atoms with van der Waals surface area (Å²) in [5.74, 6) is -0.832. The fourth-order valence-electron chi connectivity index (χ4n) is 4.25. The molecular weight excluding hydrogens is 534 g/mol. The topological polar surface area (TPSA) is 144 Å². The summed E-state index contributed by atoms with van der Waals surface area (Å²) in [4.78, 5) is 12.8. The molecule has 4 aromatic rings. The first kappa shape index (κ1) is 26.6. The summed E-state index contributed by atoms with van der Waals surface area (Å²) in [5, 5.41) is 7.56. The van der Waals surface area contributed by atoms with E-state index in [-0.39, 0.29) is 29.7 Å². The van der Waals surface area contributed by atoms with Gasteiger partial charge < -0.3 is 25.1 Å². The lowest BCUT2D eigenvalue weighted by Crippen LogP contribution is -2.48. The van der Waals surface area contributed by atoms with E-state index in [1.807, 2.05) is 4.90 Å². The molecule has 3 aromatic heterocycles.